The first-order chi connectivity index (χ1) is 11.5. The second-order valence-electron chi connectivity index (χ2n) is 6.35. The zero-order valence-electron chi connectivity index (χ0n) is 14.3. The summed E-state index contributed by atoms with van der Waals surface area (Å²) in [5.41, 5.74) is 0. The highest BCUT2D eigenvalue weighted by Gasteiger charge is 2.21. The molecule has 2 rings (SSSR count). The molecule has 2 unspecified atom stereocenters. The monoisotopic (exact) mass is 352 g/mol. The van der Waals surface area contributed by atoms with Gasteiger partial charge >= 0.3 is 0 Å². The highest BCUT2D eigenvalue weighted by molar-refractivity contribution is 6.30. The lowest BCUT2D eigenvalue weighted by molar-refractivity contribution is -0.133. The van der Waals surface area contributed by atoms with Crippen LogP contribution in [0.2, 0.25) is 5.02 Å². The summed E-state index contributed by atoms with van der Waals surface area (Å²) in [7, 11) is 0. The van der Waals surface area contributed by atoms with Crippen LogP contribution in [0.15, 0.2) is 24.3 Å². The third-order valence-electron chi connectivity index (χ3n) is 4.13. The summed E-state index contributed by atoms with van der Waals surface area (Å²) in [4.78, 5) is 26.1. The smallest absolute Gasteiger partial charge is 0.260 e. The van der Waals surface area contributed by atoms with Crippen LogP contribution in [0.4, 0.5) is 0 Å². The Morgan fingerprint density at radius 1 is 1.46 bits per heavy atom. The van der Waals surface area contributed by atoms with Crippen molar-refractivity contribution in [1.82, 2.24) is 10.2 Å². The van der Waals surface area contributed by atoms with Gasteiger partial charge in [0, 0.05) is 31.1 Å². The number of carbonyl (C=O) groups excluding carboxylic acids is 2. The average molecular weight is 353 g/mol. The van der Waals surface area contributed by atoms with Crippen molar-refractivity contribution in [2.75, 3.05) is 19.6 Å². The molecule has 2 atom stereocenters. The van der Waals surface area contributed by atoms with Crippen LogP contribution in [0.25, 0.3) is 0 Å². The minimum Gasteiger partial charge on any atom is -0.481 e. The summed E-state index contributed by atoms with van der Waals surface area (Å²) in [6.45, 7) is 5.80. The van der Waals surface area contributed by atoms with Crippen LogP contribution in [-0.4, -0.2) is 42.5 Å². The van der Waals surface area contributed by atoms with E-state index < -0.39 is 6.10 Å². The number of nitrogens with one attached hydrogen (secondary N) is 1. The lowest BCUT2D eigenvalue weighted by atomic mass is 10.00. The highest BCUT2D eigenvalue weighted by Crippen LogP contribution is 2.18. The molecule has 132 valence electrons. The van der Waals surface area contributed by atoms with Crippen molar-refractivity contribution in [1.29, 1.82) is 0 Å². The van der Waals surface area contributed by atoms with Gasteiger partial charge in [-0.25, -0.2) is 0 Å². The number of carbonyl (C=O) groups is 2. The van der Waals surface area contributed by atoms with Crippen LogP contribution in [0, 0.1) is 5.92 Å². The number of nitrogens with zero attached hydrogens (tertiary/aromatic N) is 1. The van der Waals surface area contributed by atoms with Gasteiger partial charge in [-0.05, 0) is 43.9 Å². The molecule has 1 fully saturated rings. The summed E-state index contributed by atoms with van der Waals surface area (Å²) in [5, 5.41) is 3.31. The predicted octanol–water partition coefficient (Wildman–Crippen LogP) is 2.87. The number of ether oxygens (including phenoxy) is 1. The maximum Gasteiger partial charge on any atom is 0.260 e. The van der Waals surface area contributed by atoms with Crippen LogP contribution in [0.3, 0.4) is 0 Å². The molecule has 1 N–H and O–H groups in total. The molecule has 1 saturated heterocycles. The SMILES string of the molecule is CC1CCCN(C(=O)CCNC(=O)C(C)Oc2cccc(Cl)c2)C1. The molecule has 1 aliphatic rings. The molecule has 0 saturated carbocycles. The van der Waals surface area contributed by atoms with Gasteiger partial charge in [-0.3, -0.25) is 9.59 Å². The van der Waals surface area contributed by atoms with E-state index in [2.05, 4.69) is 12.2 Å². The van der Waals surface area contributed by atoms with Gasteiger partial charge in [-0.2, -0.15) is 0 Å². The van der Waals surface area contributed by atoms with Crippen molar-refractivity contribution in [3.8, 4) is 5.75 Å². The number of hydrogen-bond donors (Lipinski definition) is 1. The van der Waals surface area contributed by atoms with E-state index in [1.165, 1.54) is 6.42 Å². The number of likely N-dealkylation sites (tertiary alicyclic amines) is 1. The fraction of sp³-hybridized carbons (Fsp3) is 0.556. The molecule has 1 aromatic carbocycles. The van der Waals surface area contributed by atoms with E-state index in [9.17, 15) is 9.59 Å². The maximum absolute atomic E-state index is 12.2. The molecule has 0 aliphatic carbocycles. The molecular formula is C18H25ClN2O3. The van der Waals surface area contributed by atoms with E-state index in [1.807, 2.05) is 4.90 Å². The number of amides is 2. The number of benzene rings is 1. The lowest BCUT2D eigenvalue weighted by Gasteiger charge is -2.31. The van der Waals surface area contributed by atoms with E-state index in [1.54, 1.807) is 31.2 Å². The third-order valence-corrected chi connectivity index (χ3v) is 4.36. The van der Waals surface area contributed by atoms with Crippen LogP contribution in [0.1, 0.15) is 33.1 Å². The molecule has 5 nitrogen and oxygen atoms in total. The molecule has 0 aromatic heterocycles. The van der Waals surface area contributed by atoms with Gasteiger partial charge < -0.3 is 15.0 Å². The number of rotatable bonds is 6. The van der Waals surface area contributed by atoms with E-state index in [0.717, 1.165) is 19.5 Å². The molecule has 1 aliphatic heterocycles. The molecule has 6 heteroatoms. The van der Waals surface area contributed by atoms with Crippen LogP contribution in [0.5, 0.6) is 5.75 Å². The summed E-state index contributed by atoms with van der Waals surface area (Å²) in [5.74, 6) is 0.965. The summed E-state index contributed by atoms with van der Waals surface area (Å²) in [6, 6.07) is 6.91. The fourth-order valence-corrected chi connectivity index (χ4v) is 2.99. The molecule has 0 spiro atoms. The maximum atomic E-state index is 12.2. The summed E-state index contributed by atoms with van der Waals surface area (Å²) >= 11 is 5.89. The quantitative estimate of drug-likeness (QED) is 0.856. The van der Waals surface area contributed by atoms with Crippen LogP contribution in [-0.2, 0) is 9.59 Å². The lowest BCUT2D eigenvalue weighted by Crippen LogP contribution is -2.42. The van der Waals surface area contributed by atoms with Crippen molar-refractivity contribution in [3.05, 3.63) is 29.3 Å². The first kappa shape index (κ1) is 18.6. The Hall–Kier alpha value is -1.75. The van der Waals surface area contributed by atoms with E-state index >= 15 is 0 Å². The average Bonchev–Trinajstić information content (AvgIpc) is 2.54. The molecule has 1 heterocycles. The molecule has 24 heavy (non-hydrogen) atoms. The van der Waals surface area contributed by atoms with Gasteiger partial charge in [0.15, 0.2) is 6.10 Å². The van der Waals surface area contributed by atoms with Crippen LogP contribution >= 0.6 is 11.6 Å². The first-order valence-corrected chi connectivity index (χ1v) is 8.81. The van der Waals surface area contributed by atoms with Gasteiger partial charge in [-0.1, -0.05) is 24.6 Å². The van der Waals surface area contributed by atoms with Crippen molar-refractivity contribution >= 4 is 23.4 Å². The van der Waals surface area contributed by atoms with Crippen molar-refractivity contribution in [3.63, 3.8) is 0 Å². The van der Waals surface area contributed by atoms with Crippen LogP contribution < -0.4 is 10.1 Å². The zero-order valence-corrected chi connectivity index (χ0v) is 15.0. The normalized spacial score (nSPS) is 18.8. The van der Waals surface area contributed by atoms with E-state index in [-0.39, 0.29) is 11.8 Å². The van der Waals surface area contributed by atoms with Gasteiger partial charge in [0.1, 0.15) is 5.75 Å². The Bertz CT molecular complexity index is 579. The predicted molar refractivity (Wildman–Crippen MR) is 94.1 cm³/mol. The zero-order chi connectivity index (χ0) is 17.5. The topological polar surface area (TPSA) is 58.6 Å². The van der Waals surface area contributed by atoms with E-state index in [0.29, 0.717) is 29.7 Å². The van der Waals surface area contributed by atoms with Gasteiger partial charge in [0.05, 0.1) is 0 Å². The molecule has 0 radical (unpaired) electrons. The number of piperidine rings is 1. The number of hydrogen-bond acceptors (Lipinski definition) is 3. The Kier molecular flexibility index (Phi) is 6.91. The molecule has 1 aromatic rings. The van der Waals surface area contributed by atoms with Gasteiger partial charge in [-0.15, -0.1) is 0 Å². The molecular weight excluding hydrogens is 328 g/mol. The Labute approximate surface area is 148 Å². The number of halogens is 1. The Balaban J connectivity index is 1.71. The largest absolute Gasteiger partial charge is 0.481 e. The summed E-state index contributed by atoms with van der Waals surface area (Å²) < 4.78 is 5.55. The molecule has 2 amide bonds. The Morgan fingerprint density at radius 2 is 2.25 bits per heavy atom. The minimum atomic E-state index is -0.645. The second kappa shape index (κ2) is 8.92. The van der Waals surface area contributed by atoms with Gasteiger partial charge in [0.2, 0.25) is 5.91 Å². The van der Waals surface area contributed by atoms with Gasteiger partial charge in [0.25, 0.3) is 5.91 Å². The third kappa shape index (κ3) is 5.71. The highest BCUT2D eigenvalue weighted by atomic mass is 35.5. The molecule has 0 bridgehead atoms. The summed E-state index contributed by atoms with van der Waals surface area (Å²) in [6.07, 6.45) is 1.92. The van der Waals surface area contributed by atoms with E-state index in [4.69, 9.17) is 16.3 Å². The van der Waals surface area contributed by atoms with Crippen molar-refractivity contribution < 1.29 is 14.3 Å². The second-order valence-corrected chi connectivity index (χ2v) is 6.78. The first-order valence-electron chi connectivity index (χ1n) is 8.43. The van der Waals surface area contributed by atoms with Crippen molar-refractivity contribution in [2.45, 2.75) is 39.2 Å². The minimum absolute atomic E-state index is 0.102. The standard InChI is InChI=1S/C18H25ClN2O3/c1-13-5-4-10-21(12-13)17(22)8-9-20-18(23)14(2)24-16-7-3-6-15(19)11-16/h3,6-7,11,13-14H,4-5,8-10,12H2,1-2H3,(H,20,23). The van der Waals surface area contributed by atoms with Crippen molar-refractivity contribution in [2.24, 2.45) is 5.92 Å². The Morgan fingerprint density at radius 3 is 2.96 bits per heavy atom. The fourth-order valence-electron chi connectivity index (χ4n) is 2.81.